The van der Waals surface area contributed by atoms with Crippen LogP contribution >= 0.6 is 0 Å². The highest BCUT2D eigenvalue weighted by atomic mass is 16.2. The van der Waals surface area contributed by atoms with Crippen LogP contribution in [0, 0.1) is 0 Å². The van der Waals surface area contributed by atoms with Crippen molar-refractivity contribution in [2.45, 2.75) is 31.8 Å². The first-order valence-corrected chi connectivity index (χ1v) is 9.04. The summed E-state index contributed by atoms with van der Waals surface area (Å²) in [4.78, 5) is 29.8. The quantitative estimate of drug-likeness (QED) is 0.821. The van der Waals surface area contributed by atoms with Gasteiger partial charge in [-0.25, -0.2) is 4.98 Å². The Morgan fingerprint density at radius 1 is 1.35 bits per heavy atom. The predicted octanol–water partition coefficient (Wildman–Crippen LogP) is 2.10. The number of rotatable bonds is 7. The van der Waals surface area contributed by atoms with Crippen molar-refractivity contribution in [3.63, 3.8) is 0 Å². The first kappa shape index (κ1) is 18.3. The number of amides is 1. The smallest absolute Gasteiger partial charge is 0.224 e. The van der Waals surface area contributed by atoms with E-state index in [2.05, 4.69) is 31.2 Å². The summed E-state index contributed by atoms with van der Waals surface area (Å²) < 4.78 is 0. The van der Waals surface area contributed by atoms with E-state index in [4.69, 9.17) is 0 Å². The van der Waals surface area contributed by atoms with Gasteiger partial charge in [-0.15, -0.1) is 0 Å². The normalized spacial score (nSPS) is 16.9. The molecule has 3 heterocycles. The summed E-state index contributed by atoms with van der Waals surface area (Å²) in [6, 6.07) is 4.02. The van der Waals surface area contributed by atoms with E-state index >= 15 is 0 Å². The molecule has 1 amide bonds. The molecule has 26 heavy (non-hydrogen) atoms. The Balaban J connectivity index is 1.56. The van der Waals surface area contributed by atoms with Crippen molar-refractivity contribution in [2.75, 3.05) is 32.5 Å². The number of likely N-dealkylation sites (tertiary alicyclic amines) is 1. The van der Waals surface area contributed by atoms with Crippen molar-refractivity contribution in [1.29, 1.82) is 0 Å². The van der Waals surface area contributed by atoms with Crippen molar-refractivity contribution in [3.05, 3.63) is 48.2 Å². The zero-order chi connectivity index (χ0) is 18.4. The summed E-state index contributed by atoms with van der Waals surface area (Å²) >= 11 is 0. The van der Waals surface area contributed by atoms with Gasteiger partial charge in [0.25, 0.3) is 0 Å². The Hall–Kier alpha value is -2.54. The standard InChI is InChI=1S/C19H26N6O/c1-20-18-13-22-12-16(23-18)17-6-4-9-25(17)19(26)7-10-24(2)14-15-5-3-8-21-11-15/h3,5,8,11-13,17H,4,6-7,9-10,14H2,1-2H3,(H,20,23)/t17-/m1/s1. The zero-order valence-electron chi connectivity index (χ0n) is 15.4. The van der Waals surface area contributed by atoms with Crippen molar-refractivity contribution in [2.24, 2.45) is 0 Å². The van der Waals surface area contributed by atoms with Gasteiger partial charge in [-0.1, -0.05) is 6.07 Å². The van der Waals surface area contributed by atoms with Crippen LogP contribution in [-0.2, 0) is 11.3 Å². The molecule has 0 aliphatic carbocycles. The molecule has 2 aromatic heterocycles. The molecule has 7 nitrogen and oxygen atoms in total. The third-order valence-corrected chi connectivity index (χ3v) is 4.71. The van der Waals surface area contributed by atoms with Crippen LogP contribution in [0.3, 0.4) is 0 Å². The number of hydrogen-bond donors (Lipinski definition) is 1. The van der Waals surface area contributed by atoms with E-state index in [9.17, 15) is 4.79 Å². The molecular formula is C19H26N6O. The van der Waals surface area contributed by atoms with Gasteiger partial charge in [-0.3, -0.25) is 14.8 Å². The molecule has 0 spiro atoms. The lowest BCUT2D eigenvalue weighted by Gasteiger charge is -2.25. The molecule has 0 aromatic carbocycles. The topological polar surface area (TPSA) is 74.2 Å². The summed E-state index contributed by atoms with van der Waals surface area (Å²) in [6.45, 7) is 2.31. The number of nitrogens with one attached hydrogen (secondary N) is 1. The average Bonchev–Trinajstić information content (AvgIpc) is 3.17. The maximum absolute atomic E-state index is 12.8. The molecule has 0 bridgehead atoms. The molecule has 138 valence electrons. The Morgan fingerprint density at radius 3 is 3.00 bits per heavy atom. The minimum absolute atomic E-state index is 0.0342. The van der Waals surface area contributed by atoms with Crippen LogP contribution in [0.5, 0.6) is 0 Å². The molecule has 1 fully saturated rings. The number of carbonyl (C=O) groups excluding carboxylic acids is 1. The van der Waals surface area contributed by atoms with E-state index < -0.39 is 0 Å². The van der Waals surface area contributed by atoms with E-state index in [1.165, 1.54) is 0 Å². The summed E-state index contributed by atoms with van der Waals surface area (Å²) in [7, 11) is 3.85. The minimum atomic E-state index is 0.0342. The SMILES string of the molecule is CNc1cncc([C@H]2CCCN2C(=O)CCN(C)Cc2cccnc2)n1. The van der Waals surface area contributed by atoms with E-state index in [1.54, 1.807) is 18.6 Å². The summed E-state index contributed by atoms with van der Waals surface area (Å²) in [5.41, 5.74) is 2.02. The molecule has 0 radical (unpaired) electrons. The second-order valence-corrected chi connectivity index (χ2v) is 6.67. The lowest BCUT2D eigenvalue weighted by atomic mass is 10.1. The van der Waals surface area contributed by atoms with Crippen LogP contribution in [0.2, 0.25) is 0 Å². The third kappa shape index (κ3) is 4.54. The van der Waals surface area contributed by atoms with E-state index in [0.29, 0.717) is 6.42 Å². The fraction of sp³-hybridized carbons (Fsp3) is 0.474. The second kappa shape index (κ2) is 8.71. The van der Waals surface area contributed by atoms with Crippen LogP contribution in [-0.4, -0.2) is 57.8 Å². The van der Waals surface area contributed by atoms with Crippen LogP contribution < -0.4 is 5.32 Å². The monoisotopic (exact) mass is 354 g/mol. The second-order valence-electron chi connectivity index (χ2n) is 6.67. The van der Waals surface area contributed by atoms with E-state index in [-0.39, 0.29) is 11.9 Å². The van der Waals surface area contributed by atoms with Crippen LogP contribution in [0.25, 0.3) is 0 Å². The maximum Gasteiger partial charge on any atom is 0.224 e. The third-order valence-electron chi connectivity index (χ3n) is 4.71. The highest BCUT2D eigenvalue weighted by molar-refractivity contribution is 5.77. The lowest BCUT2D eigenvalue weighted by Crippen LogP contribution is -2.33. The van der Waals surface area contributed by atoms with Gasteiger partial charge in [-0.05, 0) is 31.5 Å². The van der Waals surface area contributed by atoms with Gasteiger partial charge in [0.15, 0.2) is 0 Å². The highest BCUT2D eigenvalue weighted by Gasteiger charge is 2.31. The van der Waals surface area contributed by atoms with Gasteiger partial charge in [0, 0.05) is 45.5 Å². The first-order valence-electron chi connectivity index (χ1n) is 9.04. The summed E-state index contributed by atoms with van der Waals surface area (Å²) in [5, 5.41) is 3.01. The molecule has 0 saturated carbocycles. The van der Waals surface area contributed by atoms with Gasteiger partial charge in [0.05, 0.1) is 24.1 Å². The highest BCUT2D eigenvalue weighted by Crippen LogP contribution is 2.31. The molecule has 1 N–H and O–H groups in total. The number of hydrogen-bond acceptors (Lipinski definition) is 6. The molecular weight excluding hydrogens is 328 g/mol. The van der Waals surface area contributed by atoms with Crippen LogP contribution in [0.4, 0.5) is 5.82 Å². The van der Waals surface area contributed by atoms with Crippen molar-refractivity contribution in [3.8, 4) is 0 Å². The Bertz CT molecular complexity index is 723. The molecule has 1 aliphatic heterocycles. The first-order chi connectivity index (χ1) is 12.7. The number of nitrogens with zero attached hydrogens (tertiary/aromatic N) is 5. The Kier molecular flexibility index (Phi) is 6.12. The summed E-state index contributed by atoms with van der Waals surface area (Å²) in [5.74, 6) is 0.917. The summed E-state index contributed by atoms with van der Waals surface area (Å²) in [6.07, 6.45) is 9.55. The molecule has 2 aromatic rings. The lowest BCUT2D eigenvalue weighted by molar-refractivity contribution is -0.132. The van der Waals surface area contributed by atoms with Crippen LogP contribution in [0.1, 0.15) is 36.6 Å². The largest absolute Gasteiger partial charge is 0.372 e. The van der Waals surface area contributed by atoms with E-state index in [1.807, 2.05) is 31.3 Å². The van der Waals surface area contributed by atoms with Crippen molar-refractivity contribution in [1.82, 2.24) is 24.8 Å². The molecule has 1 aliphatic rings. The molecule has 7 heteroatoms. The maximum atomic E-state index is 12.8. The van der Waals surface area contributed by atoms with Crippen molar-refractivity contribution >= 4 is 11.7 Å². The molecule has 0 unspecified atom stereocenters. The number of carbonyl (C=O) groups is 1. The number of pyridine rings is 1. The van der Waals surface area contributed by atoms with Crippen molar-refractivity contribution < 1.29 is 4.79 Å². The van der Waals surface area contributed by atoms with Gasteiger partial charge < -0.3 is 15.1 Å². The molecule has 1 atom stereocenters. The van der Waals surface area contributed by atoms with Crippen LogP contribution in [0.15, 0.2) is 36.9 Å². The fourth-order valence-corrected chi connectivity index (χ4v) is 3.35. The Labute approximate surface area is 154 Å². The van der Waals surface area contributed by atoms with Gasteiger partial charge >= 0.3 is 0 Å². The fourth-order valence-electron chi connectivity index (χ4n) is 3.35. The number of aromatic nitrogens is 3. The average molecular weight is 354 g/mol. The van der Waals surface area contributed by atoms with Gasteiger partial charge in [-0.2, -0.15) is 0 Å². The number of anilines is 1. The molecule has 1 saturated heterocycles. The zero-order valence-corrected chi connectivity index (χ0v) is 15.4. The van der Waals surface area contributed by atoms with Gasteiger partial charge in [0.2, 0.25) is 5.91 Å². The minimum Gasteiger partial charge on any atom is -0.372 e. The Morgan fingerprint density at radius 2 is 2.23 bits per heavy atom. The molecule has 3 rings (SSSR count). The van der Waals surface area contributed by atoms with Gasteiger partial charge in [0.1, 0.15) is 5.82 Å². The predicted molar refractivity (Wildman–Crippen MR) is 100 cm³/mol. The van der Waals surface area contributed by atoms with E-state index in [0.717, 1.165) is 49.6 Å².